The Morgan fingerprint density at radius 3 is 1.72 bits per heavy atom. The minimum absolute atomic E-state index is 0.00975. The number of aliphatic hydroxyl groups is 4. The number of nitrogens with one attached hydrogen (secondary N) is 8. The number of likely N-dealkylation sites (N-methyl/N-ethyl adjacent to an activating group) is 2. The number of esters is 1. The number of aliphatic imine (C=N–C) groups is 2. The van der Waals surface area contributed by atoms with Gasteiger partial charge in [-0.05, 0) is 114 Å². The lowest BCUT2D eigenvalue weighted by molar-refractivity contribution is -0.162. The van der Waals surface area contributed by atoms with Crippen molar-refractivity contribution in [3.63, 3.8) is 0 Å². The molecule has 0 aliphatic carbocycles. The van der Waals surface area contributed by atoms with Crippen molar-refractivity contribution in [1.82, 2.24) is 52.3 Å². The third-order valence-electron chi connectivity index (χ3n) is 18.5. The van der Waals surface area contributed by atoms with Gasteiger partial charge in [0, 0.05) is 46.6 Å². The van der Waals surface area contributed by atoms with E-state index >= 15 is 14.4 Å². The highest BCUT2D eigenvalue weighted by atomic mass is 16.5. The molecule has 0 spiro atoms. The third-order valence-corrected chi connectivity index (χ3v) is 18.5. The van der Waals surface area contributed by atoms with Crippen molar-refractivity contribution >= 4 is 88.8 Å². The number of nitrogens with two attached hydrogens (primary N) is 6. The second-order valence-corrected chi connectivity index (χ2v) is 28.0. The number of aliphatic hydroxyl groups excluding tert-OH is 4. The van der Waals surface area contributed by atoms with Gasteiger partial charge in [0.1, 0.15) is 78.4 Å². The van der Waals surface area contributed by atoms with Gasteiger partial charge in [-0.15, -0.1) is 0 Å². The molecule has 0 bridgehead atoms. The maximum absolute atomic E-state index is 15.1. The Kier molecular flexibility index (Phi) is 38.2. The molecule has 20 atom stereocenters. The molecule has 1 aromatic carbocycles. The second kappa shape index (κ2) is 43.8. The molecule has 25 N–H and O–H groups in total. The van der Waals surface area contributed by atoms with Gasteiger partial charge in [0.25, 0.3) is 5.91 Å². The summed E-state index contributed by atoms with van der Waals surface area (Å²) in [5.74, 6) is -19.8. The van der Waals surface area contributed by atoms with Crippen LogP contribution in [0.15, 0.2) is 34.3 Å². The number of methoxy groups -OCH3 is 1. The molecule has 1 saturated heterocycles. The Balaban J connectivity index is 3.02. The molecule has 106 heavy (non-hydrogen) atoms. The first-order valence-electron chi connectivity index (χ1n) is 35.2. The average molecular weight is 1510 g/mol. The van der Waals surface area contributed by atoms with E-state index in [0.29, 0.717) is 6.42 Å². The summed E-state index contributed by atoms with van der Waals surface area (Å²) in [6.45, 7) is 17.4. The highest BCUT2D eigenvalue weighted by Gasteiger charge is 2.45. The van der Waals surface area contributed by atoms with Crippen molar-refractivity contribution in [3.05, 3.63) is 29.8 Å². The molecular formula is C68H116N18O20. The maximum atomic E-state index is 15.1. The Labute approximate surface area is 617 Å². The number of rotatable bonds is 34. The molecular weight excluding hydrogens is 1390 g/mol. The van der Waals surface area contributed by atoms with Gasteiger partial charge in [-0.1, -0.05) is 67.5 Å². The van der Waals surface area contributed by atoms with Crippen LogP contribution >= 0.6 is 0 Å². The summed E-state index contributed by atoms with van der Waals surface area (Å²) in [6.07, 6.45) is -12.4. The minimum atomic E-state index is -2.58. The molecule has 598 valence electrons. The van der Waals surface area contributed by atoms with Crippen molar-refractivity contribution in [2.24, 2.45) is 79.9 Å². The third kappa shape index (κ3) is 28.7. The molecule has 1 fully saturated rings. The van der Waals surface area contributed by atoms with E-state index < -0.39 is 204 Å². The molecule has 1 aliphatic heterocycles. The number of cyclic esters (lactones) is 1. The van der Waals surface area contributed by atoms with E-state index in [9.17, 15) is 73.5 Å². The molecule has 38 heteroatoms. The number of benzene rings is 1. The number of amides is 12. The zero-order valence-electron chi connectivity index (χ0n) is 63.2. The Bertz CT molecular complexity index is 3230. The average Bonchev–Trinajstić information content (AvgIpc) is 0.811. The number of carbonyl (C=O) groups excluding carboxylic acids is 13. The highest BCUT2D eigenvalue weighted by molar-refractivity contribution is 5.99. The number of nitrogens with zero attached hydrogens (tertiary/aromatic N) is 4. The topological polar surface area (TPSA) is 625 Å². The first kappa shape index (κ1) is 92.6. The van der Waals surface area contributed by atoms with Crippen LogP contribution in [0.3, 0.4) is 0 Å². The van der Waals surface area contributed by atoms with Gasteiger partial charge < -0.3 is 122 Å². The summed E-state index contributed by atoms with van der Waals surface area (Å²) in [7, 11) is 3.47. The standard InChI is InChI=1S/C68H116N18O20/c1-30(2)28-32(5)51(90)35(8)56(94)77-36(9)57(95)78-42(18-16-26-75-67(71)72)52(91)53(92)63(101)81-47(33(6)34(7)55(70)93)60(98)83-49-39(12)106-66(104)37(10)85(13)65(103)50(54(105-15)40-20-22-41(88)23-21-40)84-59(97)45(24-25-46(69)89)86(14)64(102)44(29-31(3)4)80-58(96)43(19-17-27-76-68(73)74)79-61(99)48(38(11)87)82-62(49)100/h20-23,30-39,42-45,47-54,87-88,90-92H,16-19,24-29H2,1-15H3,(H2,69,89)(H2,70,93)(H,77,94)(H,78,95)(H,79,99)(H,80,96)(H,81,101)(H,82,100)(H,83,98)(H,84,97)(H4,71,72,75)(H4,73,74,76)/t32-,33-,34+,35-,36+,37-,38+,39+,42-,43-,44-,45-,47?,48-,49-,50-,51-,52+,53+,54?/m0/s1. The highest BCUT2D eigenvalue weighted by Crippen LogP contribution is 2.27. The van der Waals surface area contributed by atoms with E-state index in [1.54, 1.807) is 20.8 Å². The predicted octanol–water partition coefficient (Wildman–Crippen LogP) is -5.44. The van der Waals surface area contributed by atoms with Gasteiger partial charge in [-0.2, -0.15) is 0 Å². The summed E-state index contributed by atoms with van der Waals surface area (Å²) >= 11 is 0. The number of guanidine groups is 2. The van der Waals surface area contributed by atoms with Gasteiger partial charge in [0.15, 0.2) is 18.0 Å². The van der Waals surface area contributed by atoms with Crippen LogP contribution in [0.25, 0.3) is 0 Å². The van der Waals surface area contributed by atoms with Crippen LogP contribution in [-0.2, 0) is 71.8 Å². The molecule has 1 aromatic rings. The van der Waals surface area contributed by atoms with Gasteiger partial charge in [-0.25, -0.2) is 4.79 Å². The van der Waals surface area contributed by atoms with Crippen LogP contribution in [0.4, 0.5) is 0 Å². The van der Waals surface area contributed by atoms with Crippen LogP contribution in [0, 0.1) is 35.5 Å². The lowest BCUT2D eigenvalue weighted by Crippen LogP contribution is -2.65. The SMILES string of the molecule is COC(c1ccc(O)cc1)[C@@H]1NC(=O)[C@H](CCC(N)=O)N(C)C(=O)[C@H](CC(C)C)NC(=O)[C@H](CCCN=C(N)N)NC(=O)[C@H]([C@@H](C)O)NC(=O)[C@@H](NC(=O)C(NC(=O)[C@H](O)[C@H](O)[C@H](CCCN=C(N)N)NC(=O)[C@@H](C)NC(=O)[C@@H](C)[C@@H](O)[C@@H](C)CC(C)C)[C@@H](C)[C@@H](C)C(N)=O)[C@@H](C)OC(=O)[C@H](C)N(C)C1=O. The largest absolute Gasteiger partial charge is 0.508 e. The van der Waals surface area contributed by atoms with Crippen molar-refractivity contribution < 1.29 is 97.3 Å². The first-order valence-corrected chi connectivity index (χ1v) is 35.2. The Morgan fingerprint density at radius 1 is 0.623 bits per heavy atom. The number of carbonyl (C=O) groups is 13. The number of phenols is 1. The quantitative estimate of drug-likeness (QED) is 0.0132. The van der Waals surface area contributed by atoms with E-state index in [1.807, 2.05) is 13.8 Å². The van der Waals surface area contributed by atoms with Crippen LogP contribution in [0.1, 0.15) is 146 Å². The number of primary amides is 2. The molecule has 1 heterocycles. The van der Waals surface area contributed by atoms with Crippen molar-refractivity contribution in [3.8, 4) is 5.75 Å². The number of ether oxygens (including phenoxy) is 2. The molecule has 0 saturated carbocycles. The van der Waals surface area contributed by atoms with E-state index in [2.05, 4.69) is 52.5 Å². The zero-order valence-corrected chi connectivity index (χ0v) is 63.2. The summed E-state index contributed by atoms with van der Waals surface area (Å²) in [5.41, 5.74) is 33.6. The molecule has 12 amide bonds. The van der Waals surface area contributed by atoms with Crippen LogP contribution in [0.2, 0.25) is 0 Å². The van der Waals surface area contributed by atoms with Crippen LogP contribution in [-0.4, -0.2) is 249 Å². The minimum Gasteiger partial charge on any atom is -0.508 e. The van der Waals surface area contributed by atoms with Crippen molar-refractivity contribution in [2.45, 2.75) is 231 Å². The predicted molar refractivity (Wildman–Crippen MR) is 386 cm³/mol. The van der Waals surface area contributed by atoms with Crippen molar-refractivity contribution in [1.29, 1.82) is 0 Å². The molecule has 2 unspecified atom stereocenters. The fourth-order valence-electron chi connectivity index (χ4n) is 11.7. The van der Waals surface area contributed by atoms with E-state index in [0.717, 1.165) is 37.6 Å². The fraction of sp³-hybridized carbons (Fsp3) is 0.691. The number of phenolic OH excluding ortho intramolecular Hbond substituents is 1. The number of hydrogen-bond acceptors (Lipinski definition) is 22. The lowest BCUT2D eigenvalue weighted by Gasteiger charge is -2.36. The lowest BCUT2D eigenvalue weighted by atomic mass is 9.87. The number of hydrogen-bond donors (Lipinski definition) is 19. The van der Waals surface area contributed by atoms with Crippen LogP contribution < -0.4 is 76.9 Å². The summed E-state index contributed by atoms with van der Waals surface area (Å²) in [6, 6.07) is -12.6. The van der Waals surface area contributed by atoms with E-state index in [4.69, 9.17) is 43.9 Å². The van der Waals surface area contributed by atoms with Gasteiger partial charge in [0.2, 0.25) is 65.0 Å². The van der Waals surface area contributed by atoms with Crippen molar-refractivity contribution in [2.75, 3.05) is 34.3 Å². The van der Waals surface area contributed by atoms with E-state index in [1.165, 1.54) is 66.1 Å². The monoisotopic (exact) mass is 1500 g/mol. The summed E-state index contributed by atoms with van der Waals surface area (Å²) < 4.78 is 11.7. The second-order valence-electron chi connectivity index (χ2n) is 28.0. The van der Waals surface area contributed by atoms with Gasteiger partial charge in [-0.3, -0.25) is 67.5 Å². The Hall–Kier alpha value is -9.53. The summed E-state index contributed by atoms with van der Waals surface area (Å²) in [5, 5.41) is 75.7. The van der Waals surface area contributed by atoms with Gasteiger partial charge in [0.05, 0.1) is 24.2 Å². The molecule has 0 aromatic heterocycles. The molecule has 0 radical (unpaired) electrons. The normalized spacial score (nSPS) is 23.2. The van der Waals surface area contributed by atoms with Gasteiger partial charge >= 0.3 is 5.97 Å². The first-order chi connectivity index (χ1) is 49.3. The summed E-state index contributed by atoms with van der Waals surface area (Å²) in [4.78, 5) is 196. The number of aromatic hydroxyl groups is 1. The fourth-order valence-corrected chi connectivity index (χ4v) is 11.7. The maximum Gasteiger partial charge on any atom is 0.328 e. The molecule has 2 rings (SSSR count). The Morgan fingerprint density at radius 2 is 1.19 bits per heavy atom. The van der Waals surface area contributed by atoms with Crippen LogP contribution in [0.5, 0.6) is 5.75 Å². The smallest absolute Gasteiger partial charge is 0.328 e. The molecule has 1 aliphatic rings. The van der Waals surface area contributed by atoms with E-state index in [-0.39, 0.29) is 86.2 Å². The molecule has 38 nitrogen and oxygen atoms in total. The zero-order chi connectivity index (χ0) is 81.1.